The van der Waals surface area contributed by atoms with E-state index < -0.39 is 0 Å². The molecule has 0 atom stereocenters. The van der Waals surface area contributed by atoms with Gasteiger partial charge in [0, 0.05) is 37.4 Å². The third-order valence-electron chi connectivity index (χ3n) is 3.24. The molecule has 3 N–H and O–H groups in total. The summed E-state index contributed by atoms with van der Waals surface area (Å²) in [5, 5.41) is 8.70. The number of nitrogens with zero attached hydrogens (tertiary/aromatic N) is 1. The first-order chi connectivity index (χ1) is 9.54. The Morgan fingerprint density at radius 1 is 1.29 bits per heavy atom. The fourth-order valence-electron chi connectivity index (χ4n) is 2.02. The van der Waals surface area contributed by atoms with Crippen molar-refractivity contribution in [3.63, 3.8) is 0 Å². The summed E-state index contributed by atoms with van der Waals surface area (Å²) in [4.78, 5) is 25.0. The number of hydrogen-bond donors (Lipinski definition) is 3. The van der Waals surface area contributed by atoms with Crippen LogP contribution in [0.15, 0.2) is 24.3 Å². The maximum Gasteiger partial charge on any atom is 0.238 e. The van der Waals surface area contributed by atoms with Crippen molar-refractivity contribution in [2.75, 3.05) is 37.3 Å². The molecule has 1 aromatic rings. The number of nitrogens with one attached hydrogen (secondary N) is 3. The van der Waals surface area contributed by atoms with E-state index in [0.29, 0.717) is 24.0 Å². The Hall–Kier alpha value is -1.63. The highest BCUT2D eigenvalue weighted by atomic mass is 35.5. The van der Waals surface area contributed by atoms with Gasteiger partial charge in [0.05, 0.1) is 6.54 Å². The van der Waals surface area contributed by atoms with Crippen molar-refractivity contribution < 1.29 is 9.59 Å². The second kappa shape index (κ2) is 7.97. The summed E-state index contributed by atoms with van der Waals surface area (Å²) in [6, 6.07) is 7.55. The zero-order chi connectivity index (χ0) is 14.5. The summed E-state index contributed by atoms with van der Waals surface area (Å²) >= 11 is 0. The number of carbonyl (C=O) groups is 2. The predicted octanol–water partition coefficient (Wildman–Crippen LogP) is 0.909. The van der Waals surface area contributed by atoms with Crippen molar-refractivity contribution in [2.24, 2.45) is 0 Å². The highest BCUT2D eigenvalue weighted by Crippen LogP contribution is 2.15. The second-order valence-electron chi connectivity index (χ2n) is 5.04. The zero-order valence-electron chi connectivity index (χ0n) is 12.2. The maximum atomic E-state index is 11.9. The van der Waals surface area contributed by atoms with Gasteiger partial charge in [-0.3, -0.25) is 14.5 Å². The van der Waals surface area contributed by atoms with Crippen LogP contribution in [0.5, 0.6) is 0 Å². The van der Waals surface area contributed by atoms with Gasteiger partial charge in [0.15, 0.2) is 0 Å². The van der Waals surface area contributed by atoms with Crippen molar-refractivity contribution in [2.45, 2.75) is 13.0 Å². The van der Waals surface area contributed by atoms with Gasteiger partial charge in [0.2, 0.25) is 11.8 Å². The molecule has 6 nitrogen and oxygen atoms in total. The highest BCUT2D eigenvalue weighted by Gasteiger charge is 2.22. The fourth-order valence-corrected chi connectivity index (χ4v) is 2.02. The topological polar surface area (TPSA) is 73.5 Å². The van der Waals surface area contributed by atoms with Crippen LogP contribution in [0.1, 0.15) is 6.92 Å². The molecule has 0 aliphatic carbocycles. The molecule has 7 heteroatoms. The van der Waals surface area contributed by atoms with Crippen LogP contribution in [-0.2, 0) is 9.59 Å². The van der Waals surface area contributed by atoms with Gasteiger partial charge in [-0.05, 0) is 25.2 Å². The van der Waals surface area contributed by atoms with Crippen molar-refractivity contribution in [1.82, 2.24) is 10.2 Å². The van der Waals surface area contributed by atoms with E-state index in [1.165, 1.54) is 6.92 Å². The maximum absolute atomic E-state index is 11.9. The third kappa shape index (κ3) is 5.34. The number of benzene rings is 1. The third-order valence-corrected chi connectivity index (χ3v) is 3.24. The summed E-state index contributed by atoms with van der Waals surface area (Å²) in [5.41, 5.74) is 1.35. The number of amides is 2. The van der Waals surface area contributed by atoms with Crippen LogP contribution in [-0.4, -0.2) is 49.4 Å². The van der Waals surface area contributed by atoms with Crippen LogP contribution in [0, 0.1) is 0 Å². The molecule has 1 fully saturated rings. The van der Waals surface area contributed by atoms with Crippen LogP contribution in [0.3, 0.4) is 0 Å². The molecular formula is C14H21ClN4O2. The normalized spacial score (nSPS) is 14.0. The molecular weight excluding hydrogens is 292 g/mol. The average molecular weight is 313 g/mol. The lowest BCUT2D eigenvalue weighted by atomic mass is 10.1. The van der Waals surface area contributed by atoms with Gasteiger partial charge in [-0.25, -0.2) is 0 Å². The monoisotopic (exact) mass is 312 g/mol. The van der Waals surface area contributed by atoms with Crippen molar-refractivity contribution >= 4 is 35.6 Å². The van der Waals surface area contributed by atoms with E-state index in [1.807, 2.05) is 11.9 Å². The molecule has 0 spiro atoms. The van der Waals surface area contributed by atoms with Crippen molar-refractivity contribution in [3.8, 4) is 0 Å². The molecule has 1 heterocycles. The molecule has 0 saturated carbocycles. The van der Waals surface area contributed by atoms with Gasteiger partial charge in [-0.2, -0.15) is 0 Å². The molecule has 21 heavy (non-hydrogen) atoms. The summed E-state index contributed by atoms with van der Waals surface area (Å²) in [6.07, 6.45) is 0. The lowest BCUT2D eigenvalue weighted by molar-refractivity contribution is -0.117. The molecule has 0 radical (unpaired) electrons. The van der Waals surface area contributed by atoms with E-state index in [4.69, 9.17) is 0 Å². The summed E-state index contributed by atoms with van der Waals surface area (Å²) in [7, 11) is 1.94. The predicted molar refractivity (Wildman–Crippen MR) is 85.9 cm³/mol. The first-order valence-electron chi connectivity index (χ1n) is 6.63. The number of rotatable bonds is 5. The molecule has 0 aromatic heterocycles. The average Bonchev–Trinajstić information content (AvgIpc) is 2.25. The second-order valence-corrected chi connectivity index (χ2v) is 5.04. The van der Waals surface area contributed by atoms with Gasteiger partial charge >= 0.3 is 0 Å². The Balaban J connectivity index is 0.00000220. The Morgan fingerprint density at radius 3 is 2.43 bits per heavy atom. The number of carbonyl (C=O) groups excluding carboxylic acids is 2. The van der Waals surface area contributed by atoms with Gasteiger partial charge < -0.3 is 16.0 Å². The zero-order valence-corrected chi connectivity index (χ0v) is 13.0. The molecule has 1 aromatic carbocycles. The molecule has 2 amide bonds. The Kier molecular flexibility index (Phi) is 6.61. The number of hydrogen-bond acceptors (Lipinski definition) is 4. The molecule has 1 saturated heterocycles. The van der Waals surface area contributed by atoms with Crippen molar-refractivity contribution in [1.29, 1.82) is 0 Å². The van der Waals surface area contributed by atoms with Crippen LogP contribution in [0.4, 0.5) is 11.4 Å². The number of anilines is 2. The molecule has 1 aliphatic heterocycles. The van der Waals surface area contributed by atoms with Gasteiger partial charge in [-0.1, -0.05) is 6.07 Å². The first kappa shape index (κ1) is 17.4. The largest absolute Gasteiger partial charge is 0.326 e. The lowest BCUT2D eigenvalue weighted by Gasteiger charge is -2.35. The Labute approximate surface area is 130 Å². The summed E-state index contributed by atoms with van der Waals surface area (Å²) < 4.78 is 0. The smallest absolute Gasteiger partial charge is 0.238 e. The van der Waals surface area contributed by atoms with E-state index in [-0.39, 0.29) is 24.2 Å². The highest BCUT2D eigenvalue weighted by molar-refractivity contribution is 5.94. The molecule has 1 aliphatic rings. The number of likely N-dealkylation sites (N-methyl/N-ethyl adjacent to an activating group) is 1. The fraction of sp³-hybridized carbons (Fsp3) is 0.429. The molecule has 0 unspecified atom stereocenters. The summed E-state index contributed by atoms with van der Waals surface area (Å²) in [6.45, 7) is 3.67. The Morgan fingerprint density at radius 2 is 1.90 bits per heavy atom. The van der Waals surface area contributed by atoms with Crippen molar-refractivity contribution in [3.05, 3.63) is 24.3 Å². The summed E-state index contributed by atoms with van der Waals surface area (Å²) in [5.74, 6) is -0.190. The quantitative estimate of drug-likeness (QED) is 0.755. The van der Waals surface area contributed by atoms with E-state index in [1.54, 1.807) is 24.3 Å². The van der Waals surface area contributed by atoms with Gasteiger partial charge in [0.1, 0.15) is 0 Å². The number of halogens is 1. The molecule has 116 valence electrons. The van der Waals surface area contributed by atoms with Crippen LogP contribution < -0.4 is 16.0 Å². The van der Waals surface area contributed by atoms with Crippen LogP contribution in [0.25, 0.3) is 0 Å². The van der Waals surface area contributed by atoms with E-state index in [9.17, 15) is 9.59 Å². The van der Waals surface area contributed by atoms with Gasteiger partial charge in [-0.15, -0.1) is 12.4 Å². The van der Waals surface area contributed by atoms with Crippen LogP contribution in [0.2, 0.25) is 0 Å². The van der Waals surface area contributed by atoms with E-state index in [0.717, 1.165) is 13.1 Å². The Bertz CT molecular complexity index is 506. The van der Waals surface area contributed by atoms with E-state index in [2.05, 4.69) is 16.0 Å². The molecule has 2 rings (SSSR count). The minimum Gasteiger partial charge on any atom is -0.326 e. The minimum atomic E-state index is -0.134. The lowest BCUT2D eigenvalue weighted by Crippen LogP contribution is -2.57. The van der Waals surface area contributed by atoms with Gasteiger partial charge in [0.25, 0.3) is 0 Å². The van der Waals surface area contributed by atoms with Crippen LogP contribution >= 0.6 is 12.4 Å². The van der Waals surface area contributed by atoms with E-state index >= 15 is 0 Å². The first-order valence-corrected chi connectivity index (χ1v) is 6.63. The SMILES string of the molecule is CC(=O)Nc1cccc(NC(=O)CN(C)C2CNC2)c1.Cl. The standard InChI is InChI=1S/C14H20N4O2.ClH/c1-10(19)16-11-4-3-5-12(6-11)17-14(20)9-18(2)13-7-15-8-13;/h3-6,13,15H,7-9H2,1-2H3,(H,16,19)(H,17,20);1H. The molecule has 0 bridgehead atoms. The minimum absolute atomic E-state index is 0.